The van der Waals surface area contributed by atoms with Crippen LogP contribution in [0.15, 0.2) is 53.5 Å². The van der Waals surface area contributed by atoms with Gasteiger partial charge in [0, 0.05) is 5.02 Å². The number of fused-ring (bicyclic) bond motifs is 1. The molecule has 8 nitrogen and oxygen atoms in total. The third kappa shape index (κ3) is 3.89. The van der Waals surface area contributed by atoms with Crippen LogP contribution >= 0.6 is 23.2 Å². The van der Waals surface area contributed by atoms with Crippen molar-refractivity contribution in [1.29, 1.82) is 5.26 Å². The van der Waals surface area contributed by atoms with Gasteiger partial charge < -0.3 is 11.1 Å². The Balaban J connectivity index is 1.93. The average Bonchev–Trinajstić information content (AvgIpc) is 2.74. The van der Waals surface area contributed by atoms with Crippen LogP contribution in [-0.4, -0.2) is 19.5 Å². The zero-order chi connectivity index (χ0) is 22.1. The molecule has 4 rings (SSSR count). The number of hydrogen-bond donors (Lipinski definition) is 2. The van der Waals surface area contributed by atoms with Gasteiger partial charge in [-0.05, 0) is 43.3 Å². The third-order valence-corrected chi connectivity index (χ3v) is 5.19. The Morgan fingerprint density at radius 1 is 1.16 bits per heavy atom. The number of anilines is 2. The summed E-state index contributed by atoms with van der Waals surface area (Å²) in [6, 6.07) is 13.4. The first-order valence-electron chi connectivity index (χ1n) is 9.15. The molecule has 0 aliphatic rings. The van der Waals surface area contributed by atoms with Crippen LogP contribution < -0.4 is 16.6 Å². The predicted octanol–water partition coefficient (Wildman–Crippen LogP) is 4.11. The summed E-state index contributed by atoms with van der Waals surface area (Å²) in [5.41, 5.74) is 6.58. The van der Waals surface area contributed by atoms with Crippen molar-refractivity contribution in [3.8, 4) is 11.8 Å². The van der Waals surface area contributed by atoms with Gasteiger partial charge in [-0.3, -0.25) is 9.36 Å². The molecule has 2 heterocycles. The zero-order valence-corrected chi connectivity index (χ0v) is 17.7. The summed E-state index contributed by atoms with van der Waals surface area (Å²) in [5.74, 6) is 0.649. The highest BCUT2D eigenvalue weighted by Gasteiger charge is 2.21. The smallest absolute Gasteiger partial charge is 0.267 e. The van der Waals surface area contributed by atoms with Crippen molar-refractivity contribution in [2.45, 2.75) is 13.0 Å². The zero-order valence-electron chi connectivity index (χ0n) is 16.2. The lowest BCUT2D eigenvalue weighted by Gasteiger charge is -2.20. The van der Waals surface area contributed by atoms with Crippen molar-refractivity contribution in [2.24, 2.45) is 0 Å². The van der Waals surface area contributed by atoms with Gasteiger partial charge in [0.1, 0.15) is 23.3 Å². The first-order chi connectivity index (χ1) is 14.9. The van der Waals surface area contributed by atoms with Crippen LogP contribution in [0.3, 0.4) is 0 Å². The quantitative estimate of drug-likeness (QED) is 0.478. The SMILES string of the molecule is CC(Nc1nc(N)ncc1C#N)c1nc2cccc(Cl)c2c(=O)n1-c1ccc(Cl)cc1. The summed E-state index contributed by atoms with van der Waals surface area (Å²) >= 11 is 12.3. The van der Waals surface area contributed by atoms with E-state index in [1.807, 2.05) is 6.07 Å². The molecule has 1 atom stereocenters. The largest absolute Gasteiger partial charge is 0.368 e. The molecule has 0 bridgehead atoms. The fraction of sp³-hybridized carbons (Fsp3) is 0.0952. The maximum atomic E-state index is 13.5. The molecule has 0 saturated heterocycles. The van der Waals surface area contributed by atoms with Crippen molar-refractivity contribution in [2.75, 3.05) is 11.1 Å². The Kier molecular flexibility index (Phi) is 5.46. The van der Waals surface area contributed by atoms with Crippen LogP contribution in [0, 0.1) is 11.3 Å². The van der Waals surface area contributed by atoms with Crippen LogP contribution in [0.25, 0.3) is 16.6 Å². The van der Waals surface area contributed by atoms with E-state index in [2.05, 4.69) is 15.3 Å². The second-order valence-corrected chi connectivity index (χ2v) is 7.53. The van der Waals surface area contributed by atoms with Gasteiger partial charge in [-0.1, -0.05) is 29.3 Å². The third-order valence-electron chi connectivity index (χ3n) is 4.63. The number of nitrogens with zero attached hydrogens (tertiary/aromatic N) is 5. The van der Waals surface area contributed by atoms with Crippen molar-refractivity contribution in [1.82, 2.24) is 19.5 Å². The second kappa shape index (κ2) is 8.22. The molecule has 10 heteroatoms. The Hall–Kier alpha value is -3.67. The number of nitrogens with two attached hydrogens (primary N) is 1. The number of rotatable bonds is 4. The van der Waals surface area contributed by atoms with Crippen LogP contribution in [0.1, 0.15) is 24.4 Å². The van der Waals surface area contributed by atoms with E-state index in [1.54, 1.807) is 49.4 Å². The van der Waals surface area contributed by atoms with E-state index in [0.29, 0.717) is 32.5 Å². The van der Waals surface area contributed by atoms with Crippen LogP contribution in [0.4, 0.5) is 11.8 Å². The molecule has 1 unspecified atom stereocenters. The molecule has 0 radical (unpaired) electrons. The van der Waals surface area contributed by atoms with E-state index in [0.717, 1.165) is 0 Å². The lowest BCUT2D eigenvalue weighted by atomic mass is 10.2. The van der Waals surface area contributed by atoms with E-state index in [1.165, 1.54) is 10.8 Å². The van der Waals surface area contributed by atoms with Gasteiger partial charge >= 0.3 is 0 Å². The van der Waals surface area contributed by atoms with Gasteiger partial charge in [-0.15, -0.1) is 0 Å². The van der Waals surface area contributed by atoms with Crippen molar-refractivity contribution >= 4 is 45.9 Å². The Labute approximate surface area is 186 Å². The molecule has 31 heavy (non-hydrogen) atoms. The van der Waals surface area contributed by atoms with Gasteiger partial charge in [0.2, 0.25) is 5.95 Å². The predicted molar refractivity (Wildman–Crippen MR) is 121 cm³/mol. The first kappa shape index (κ1) is 20.6. The maximum Gasteiger partial charge on any atom is 0.267 e. The van der Waals surface area contributed by atoms with Gasteiger partial charge in [-0.25, -0.2) is 9.97 Å². The highest BCUT2D eigenvalue weighted by molar-refractivity contribution is 6.35. The molecule has 4 aromatic rings. The first-order valence-corrected chi connectivity index (χ1v) is 9.91. The number of aromatic nitrogens is 4. The summed E-state index contributed by atoms with van der Waals surface area (Å²) in [6.45, 7) is 1.80. The van der Waals surface area contributed by atoms with E-state index < -0.39 is 6.04 Å². The minimum Gasteiger partial charge on any atom is -0.368 e. The minimum absolute atomic E-state index is 0.0158. The van der Waals surface area contributed by atoms with E-state index >= 15 is 0 Å². The Bertz CT molecular complexity index is 1390. The van der Waals surface area contributed by atoms with Gasteiger partial charge in [0.05, 0.1) is 33.9 Å². The normalized spacial score (nSPS) is 11.8. The monoisotopic (exact) mass is 451 g/mol. The number of hydrogen-bond acceptors (Lipinski definition) is 7. The van der Waals surface area contributed by atoms with Crippen LogP contribution in [-0.2, 0) is 0 Å². The van der Waals surface area contributed by atoms with Gasteiger partial charge in [0.15, 0.2) is 0 Å². The fourth-order valence-corrected chi connectivity index (χ4v) is 3.57. The average molecular weight is 452 g/mol. The Morgan fingerprint density at radius 2 is 1.90 bits per heavy atom. The lowest BCUT2D eigenvalue weighted by Crippen LogP contribution is -2.27. The molecule has 0 fully saturated rings. The summed E-state index contributed by atoms with van der Waals surface area (Å²) in [4.78, 5) is 26.1. The topological polar surface area (TPSA) is 123 Å². The van der Waals surface area contributed by atoms with Crippen LogP contribution in [0.2, 0.25) is 10.0 Å². The summed E-state index contributed by atoms with van der Waals surface area (Å²) < 4.78 is 1.46. The van der Waals surface area contributed by atoms with Crippen molar-refractivity contribution in [3.63, 3.8) is 0 Å². The molecule has 2 aromatic carbocycles. The second-order valence-electron chi connectivity index (χ2n) is 6.69. The highest BCUT2D eigenvalue weighted by atomic mass is 35.5. The summed E-state index contributed by atoms with van der Waals surface area (Å²) in [5, 5.41) is 13.6. The van der Waals surface area contributed by atoms with Gasteiger partial charge in [0.25, 0.3) is 5.56 Å². The molecule has 0 amide bonds. The molecule has 3 N–H and O–H groups in total. The number of nitriles is 1. The molecular weight excluding hydrogens is 437 g/mol. The lowest BCUT2D eigenvalue weighted by molar-refractivity contribution is 0.730. The van der Waals surface area contributed by atoms with Gasteiger partial charge in [-0.2, -0.15) is 10.2 Å². The molecule has 2 aromatic heterocycles. The summed E-state index contributed by atoms with van der Waals surface area (Å²) in [7, 11) is 0. The van der Waals surface area contributed by atoms with E-state index in [4.69, 9.17) is 33.9 Å². The molecule has 0 saturated carbocycles. The standard InChI is InChI=1S/C21H15Cl2N7O/c1-11(27-18-12(9-24)10-26-21(25)29-18)19-28-16-4-2-3-15(23)17(16)20(31)30(19)14-7-5-13(22)6-8-14/h2-8,10-11H,1H3,(H3,25,26,27,29). The van der Waals surface area contributed by atoms with Crippen LogP contribution in [0.5, 0.6) is 0 Å². The van der Waals surface area contributed by atoms with Crippen molar-refractivity contribution in [3.05, 3.63) is 80.4 Å². The molecular formula is C21H15Cl2N7O. The van der Waals surface area contributed by atoms with E-state index in [9.17, 15) is 10.1 Å². The Morgan fingerprint density at radius 3 is 2.61 bits per heavy atom. The van der Waals surface area contributed by atoms with E-state index in [-0.39, 0.29) is 22.9 Å². The molecule has 154 valence electrons. The maximum absolute atomic E-state index is 13.5. The highest BCUT2D eigenvalue weighted by Crippen LogP contribution is 2.25. The number of nitrogen functional groups attached to an aromatic ring is 1. The fourth-order valence-electron chi connectivity index (χ4n) is 3.19. The van der Waals surface area contributed by atoms with Crippen molar-refractivity contribution < 1.29 is 0 Å². The molecule has 0 aliphatic carbocycles. The summed E-state index contributed by atoms with van der Waals surface area (Å²) in [6.07, 6.45) is 1.33. The minimum atomic E-state index is -0.534. The number of benzene rings is 2. The molecule has 0 spiro atoms. The number of halogens is 2. The number of nitrogens with one attached hydrogen (secondary N) is 1. The molecule has 0 aliphatic heterocycles.